The molecule has 0 nitrogen and oxygen atoms in total. The third-order valence-electron chi connectivity index (χ3n) is 4.62. The maximum Gasteiger partial charge on any atom is 0.129 e. The highest BCUT2D eigenvalue weighted by Crippen LogP contribution is 2.33. The second kappa shape index (κ2) is 7.19. The van der Waals surface area contributed by atoms with Gasteiger partial charge in [0.15, 0.2) is 0 Å². The summed E-state index contributed by atoms with van der Waals surface area (Å²) in [4.78, 5) is 0. The van der Waals surface area contributed by atoms with E-state index in [1.54, 1.807) is 6.92 Å². The fourth-order valence-corrected chi connectivity index (χ4v) is 3.36. The summed E-state index contributed by atoms with van der Waals surface area (Å²) in [5.74, 6) is 0.165. The molecule has 0 aromatic heterocycles. The molecule has 0 amide bonds. The van der Waals surface area contributed by atoms with Crippen LogP contribution in [0.4, 0.5) is 8.78 Å². The molecular formula is C18H26F2. The maximum absolute atomic E-state index is 14.0. The van der Waals surface area contributed by atoms with Gasteiger partial charge < -0.3 is 0 Å². The Kier molecular flexibility index (Phi) is 5.56. The van der Waals surface area contributed by atoms with E-state index in [9.17, 15) is 8.78 Å². The van der Waals surface area contributed by atoms with Gasteiger partial charge in [-0.3, -0.25) is 0 Å². The van der Waals surface area contributed by atoms with Crippen LogP contribution in [0.1, 0.15) is 68.6 Å². The Labute approximate surface area is 121 Å². The predicted molar refractivity (Wildman–Crippen MR) is 80.0 cm³/mol. The lowest BCUT2D eigenvalue weighted by Crippen LogP contribution is -2.18. The van der Waals surface area contributed by atoms with Crippen LogP contribution in [0.3, 0.4) is 0 Å². The molecule has 20 heavy (non-hydrogen) atoms. The Morgan fingerprint density at radius 3 is 2.60 bits per heavy atom. The first-order valence-corrected chi connectivity index (χ1v) is 8.09. The third-order valence-corrected chi connectivity index (χ3v) is 4.62. The van der Waals surface area contributed by atoms with Gasteiger partial charge in [-0.15, -0.1) is 0 Å². The van der Waals surface area contributed by atoms with Gasteiger partial charge in [0.2, 0.25) is 0 Å². The lowest BCUT2D eigenvalue weighted by atomic mass is 9.80. The SMILES string of the molecule is CCCCCCCC1CCc2c(F)c(C)cc(F)c2C1. The highest BCUT2D eigenvalue weighted by molar-refractivity contribution is 5.36. The highest BCUT2D eigenvalue weighted by atomic mass is 19.1. The third kappa shape index (κ3) is 3.59. The second-order valence-corrected chi connectivity index (χ2v) is 6.26. The van der Waals surface area contributed by atoms with E-state index in [0.29, 0.717) is 29.0 Å². The maximum atomic E-state index is 14.0. The van der Waals surface area contributed by atoms with Crippen molar-refractivity contribution in [1.29, 1.82) is 0 Å². The van der Waals surface area contributed by atoms with Crippen LogP contribution < -0.4 is 0 Å². The van der Waals surface area contributed by atoms with Gasteiger partial charge in [-0.1, -0.05) is 45.4 Å². The van der Waals surface area contributed by atoms with E-state index in [-0.39, 0.29) is 11.6 Å². The molecule has 0 saturated heterocycles. The van der Waals surface area contributed by atoms with Crippen molar-refractivity contribution in [3.05, 3.63) is 34.4 Å². The molecule has 2 heteroatoms. The molecule has 0 fully saturated rings. The van der Waals surface area contributed by atoms with Crippen LogP contribution in [0, 0.1) is 24.5 Å². The molecular weight excluding hydrogens is 254 g/mol. The molecule has 0 aliphatic heterocycles. The van der Waals surface area contributed by atoms with Crippen molar-refractivity contribution in [2.75, 3.05) is 0 Å². The molecule has 112 valence electrons. The van der Waals surface area contributed by atoms with Crippen LogP contribution in [0.15, 0.2) is 6.07 Å². The first kappa shape index (κ1) is 15.5. The molecule has 2 rings (SSSR count). The number of halogens is 2. The average molecular weight is 280 g/mol. The number of aryl methyl sites for hydroxylation is 1. The average Bonchev–Trinajstić information content (AvgIpc) is 2.44. The summed E-state index contributed by atoms with van der Waals surface area (Å²) < 4.78 is 28.0. The van der Waals surface area contributed by atoms with E-state index in [1.165, 1.54) is 38.2 Å². The van der Waals surface area contributed by atoms with Crippen LogP contribution >= 0.6 is 0 Å². The lowest BCUT2D eigenvalue weighted by molar-refractivity contribution is 0.388. The fourth-order valence-electron chi connectivity index (χ4n) is 3.36. The quantitative estimate of drug-likeness (QED) is 0.583. The van der Waals surface area contributed by atoms with Gasteiger partial charge in [-0.2, -0.15) is 0 Å². The van der Waals surface area contributed by atoms with Crippen molar-refractivity contribution < 1.29 is 8.78 Å². The highest BCUT2D eigenvalue weighted by Gasteiger charge is 2.24. The number of hydrogen-bond acceptors (Lipinski definition) is 0. The molecule has 1 aromatic rings. The molecule has 0 spiro atoms. The number of benzene rings is 1. The van der Waals surface area contributed by atoms with Crippen molar-refractivity contribution >= 4 is 0 Å². The zero-order valence-corrected chi connectivity index (χ0v) is 12.8. The fraction of sp³-hybridized carbons (Fsp3) is 0.667. The molecule has 0 saturated carbocycles. The monoisotopic (exact) mass is 280 g/mol. The summed E-state index contributed by atoms with van der Waals surface area (Å²) in [5.41, 5.74) is 1.74. The summed E-state index contributed by atoms with van der Waals surface area (Å²) in [6.45, 7) is 3.87. The topological polar surface area (TPSA) is 0 Å². The van der Waals surface area contributed by atoms with Crippen molar-refractivity contribution in [1.82, 2.24) is 0 Å². The molecule has 1 aromatic carbocycles. The summed E-state index contributed by atoms with van der Waals surface area (Å²) >= 11 is 0. The Morgan fingerprint density at radius 1 is 1.10 bits per heavy atom. The molecule has 1 atom stereocenters. The lowest BCUT2D eigenvalue weighted by Gasteiger charge is -2.26. The van der Waals surface area contributed by atoms with E-state index >= 15 is 0 Å². The zero-order chi connectivity index (χ0) is 14.5. The Balaban J connectivity index is 1.92. The van der Waals surface area contributed by atoms with Gasteiger partial charge in [-0.05, 0) is 54.9 Å². The number of hydrogen-bond donors (Lipinski definition) is 0. The summed E-state index contributed by atoms with van der Waals surface area (Å²) in [6, 6.07) is 1.36. The number of fused-ring (bicyclic) bond motifs is 1. The minimum atomic E-state index is -0.199. The van der Waals surface area contributed by atoms with Crippen LogP contribution in [0.25, 0.3) is 0 Å². The van der Waals surface area contributed by atoms with Crippen molar-refractivity contribution in [3.63, 3.8) is 0 Å². The smallest absolute Gasteiger partial charge is 0.129 e. The Morgan fingerprint density at radius 2 is 1.85 bits per heavy atom. The van der Waals surface area contributed by atoms with E-state index in [0.717, 1.165) is 19.3 Å². The Bertz CT molecular complexity index is 451. The van der Waals surface area contributed by atoms with Crippen LogP contribution in [0.2, 0.25) is 0 Å². The van der Waals surface area contributed by atoms with Gasteiger partial charge in [0.25, 0.3) is 0 Å². The van der Waals surface area contributed by atoms with E-state index in [1.807, 2.05) is 0 Å². The largest absolute Gasteiger partial charge is 0.207 e. The first-order valence-electron chi connectivity index (χ1n) is 8.09. The standard InChI is InChI=1S/C18H26F2/c1-3-4-5-6-7-8-14-9-10-15-16(12-14)17(19)11-13(2)18(15)20/h11,14H,3-10,12H2,1-2H3. The van der Waals surface area contributed by atoms with E-state index in [2.05, 4.69) is 6.92 Å². The summed E-state index contributed by atoms with van der Waals surface area (Å²) in [6.07, 6.45) is 10.0. The normalized spacial score (nSPS) is 18.1. The van der Waals surface area contributed by atoms with Crippen molar-refractivity contribution in [2.45, 2.75) is 71.6 Å². The zero-order valence-electron chi connectivity index (χ0n) is 12.8. The van der Waals surface area contributed by atoms with Gasteiger partial charge >= 0.3 is 0 Å². The number of unbranched alkanes of at least 4 members (excludes halogenated alkanes) is 4. The molecule has 0 heterocycles. The molecule has 0 bridgehead atoms. The van der Waals surface area contributed by atoms with Crippen LogP contribution in [0.5, 0.6) is 0 Å². The molecule has 1 unspecified atom stereocenters. The summed E-state index contributed by atoms with van der Waals surface area (Å²) in [7, 11) is 0. The van der Waals surface area contributed by atoms with E-state index < -0.39 is 0 Å². The first-order chi connectivity index (χ1) is 9.63. The van der Waals surface area contributed by atoms with Gasteiger partial charge in [0, 0.05) is 0 Å². The predicted octanol–water partition coefficient (Wildman–Crippen LogP) is 5.74. The van der Waals surface area contributed by atoms with Crippen LogP contribution in [-0.4, -0.2) is 0 Å². The van der Waals surface area contributed by atoms with Crippen molar-refractivity contribution in [3.8, 4) is 0 Å². The Hall–Kier alpha value is -0.920. The molecule has 0 N–H and O–H groups in total. The van der Waals surface area contributed by atoms with Crippen LogP contribution in [-0.2, 0) is 12.8 Å². The minimum absolute atomic E-state index is 0.178. The molecule has 1 aliphatic carbocycles. The summed E-state index contributed by atoms with van der Waals surface area (Å²) in [5, 5.41) is 0. The van der Waals surface area contributed by atoms with Gasteiger partial charge in [0.1, 0.15) is 11.6 Å². The molecule has 1 aliphatic rings. The van der Waals surface area contributed by atoms with Crippen molar-refractivity contribution in [2.24, 2.45) is 5.92 Å². The van der Waals surface area contributed by atoms with E-state index in [4.69, 9.17) is 0 Å². The second-order valence-electron chi connectivity index (χ2n) is 6.26. The minimum Gasteiger partial charge on any atom is -0.207 e. The van der Waals surface area contributed by atoms with Gasteiger partial charge in [0.05, 0.1) is 0 Å². The number of rotatable bonds is 6. The van der Waals surface area contributed by atoms with Gasteiger partial charge in [-0.25, -0.2) is 8.78 Å². The molecule has 0 radical (unpaired) electrons.